The minimum Gasteiger partial charge on any atom is -0.384 e. The van der Waals surface area contributed by atoms with Crippen molar-refractivity contribution in [1.82, 2.24) is 0 Å². The topological polar surface area (TPSA) is 12.0 Å². The van der Waals surface area contributed by atoms with Crippen LogP contribution in [-0.2, 0) is 0 Å². The summed E-state index contributed by atoms with van der Waals surface area (Å²) in [6.07, 6.45) is 0.943. The maximum atomic E-state index is 5.06. The third-order valence-corrected chi connectivity index (χ3v) is 4.25. The number of thiophene rings is 1. The predicted octanol–water partition coefficient (Wildman–Crippen LogP) is 5.37. The van der Waals surface area contributed by atoms with Crippen molar-refractivity contribution >= 4 is 50.0 Å². The van der Waals surface area contributed by atoms with Crippen LogP contribution in [0.25, 0.3) is 10.4 Å². The van der Waals surface area contributed by atoms with Crippen LogP contribution in [0.2, 0.25) is 0 Å². The molecule has 1 N–H and O–H groups in total. The highest BCUT2D eigenvalue weighted by atomic mass is 79.9. The second-order valence-electron chi connectivity index (χ2n) is 4.09. The van der Waals surface area contributed by atoms with E-state index in [0.29, 0.717) is 0 Å². The van der Waals surface area contributed by atoms with Crippen LogP contribution < -0.4 is 5.32 Å². The lowest BCUT2D eigenvalue weighted by Gasteiger charge is -2.01. The second kappa shape index (κ2) is 6.45. The lowest BCUT2D eigenvalue weighted by molar-refractivity contribution is 1.12. The van der Waals surface area contributed by atoms with Gasteiger partial charge in [0.05, 0.1) is 0 Å². The molecular weight excluding hydrogens is 326 g/mol. The fourth-order valence-corrected chi connectivity index (χ4v) is 2.82. The average molecular weight is 340 g/mol. The zero-order valence-corrected chi connectivity index (χ0v) is 13.3. The fourth-order valence-electron chi connectivity index (χ4n) is 1.58. The Morgan fingerprint density at radius 1 is 1.33 bits per heavy atom. The van der Waals surface area contributed by atoms with E-state index < -0.39 is 0 Å². The van der Waals surface area contributed by atoms with Crippen LogP contribution in [0.15, 0.2) is 40.2 Å². The van der Waals surface area contributed by atoms with Crippen molar-refractivity contribution in [1.29, 1.82) is 0 Å². The summed E-state index contributed by atoms with van der Waals surface area (Å²) in [6, 6.07) is 10.6. The van der Waals surface area contributed by atoms with Gasteiger partial charge in [0.2, 0.25) is 0 Å². The first-order valence-corrected chi connectivity index (χ1v) is 7.81. The van der Waals surface area contributed by atoms with Crippen LogP contribution in [0.5, 0.6) is 0 Å². The van der Waals surface area contributed by atoms with Gasteiger partial charge in [0.15, 0.2) is 0 Å². The normalized spacial score (nSPS) is 10.3. The maximum Gasteiger partial charge on any atom is 0.0455 e. The molecule has 0 radical (unpaired) electrons. The number of benzene rings is 1. The molecule has 0 bridgehead atoms. The summed E-state index contributed by atoms with van der Waals surface area (Å²) in [6.45, 7) is 2.89. The van der Waals surface area contributed by atoms with E-state index in [9.17, 15) is 0 Å². The second-order valence-corrected chi connectivity index (χ2v) is 6.61. The molecule has 1 nitrogen and oxygen atoms in total. The van der Waals surface area contributed by atoms with Gasteiger partial charge in [-0.05, 0) is 42.0 Å². The monoisotopic (exact) mass is 339 g/mol. The van der Waals surface area contributed by atoms with Gasteiger partial charge in [0, 0.05) is 27.0 Å². The van der Waals surface area contributed by atoms with Crippen LogP contribution in [0, 0.1) is 0 Å². The summed E-state index contributed by atoms with van der Waals surface area (Å²) in [4.78, 5) is 2.33. The van der Waals surface area contributed by atoms with Crippen LogP contribution in [0.1, 0.15) is 13.3 Å². The first-order chi connectivity index (χ1) is 8.65. The van der Waals surface area contributed by atoms with Crippen molar-refractivity contribution in [2.45, 2.75) is 13.3 Å². The van der Waals surface area contributed by atoms with E-state index in [1.54, 1.807) is 11.3 Å². The first-order valence-electron chi connectivity index (χ1n) is 5.73. The van der Waals surface area contributed by atoms with Gasteiger partial charge in [-0.25, -0.2) is 0 Å². The molecule has 2 rings (SSSR count). The first kappa shape index (κ1) is 13.7. The summed E-state index contributed by atoms with van der Waals surface area (Å²) < 4.78 is 1.11. The van der Waals surface area contributed by atoms with Crippen molar-refractivity contribution in [2.75, 3.05) is 11.9 Å². The zero-order valence-electron chi connectivity index (χ0n) is 10.1. The molecule has 0 saturated heterocycles. The number of rotatable bonds is 5. The van der Waals surface area contributed by atoms with Crippen LogP contribution in [0.3, 0.4) is 0 Å². The van der Waals surface area contributed by atoms with Gasteiger partial charge in [-0.2, -0.15) is 0 Å². The molecule has 2 aromatic rings. The van der Waals surface area contributed by atoms with Gasteiger partial charge in [-0.15, -0.1) is 11.3 Å². The van der Waals surface area contributed by atoms with Gasteiger partial charge in [0.1, 0.15) is 0 Å². The summed E-state index contributed by atoms with van der Waals surface area (Å²) >= 11 is 10.3. The van der Waals surface area contributed by atoms with Gasteiger partial charge in [-0.3, -0.25) is 0 Å². The van der Waals surface area contributed by atoms with Crippen LogP contribution in [0.4, 0.5) is 5.69 Å². The number of hydrogen-bond donors (Lipinski definition) is 1. The minimum absolute atomic E-state index is 0.909. The molecule has 1 heterocycles. The third kappa shape index (κ3) is 3.90. The van der Waals surface area contributed by atoms with E-state index in [0.717, 1.165) is 22.3 Å². The maximum absolute atomic E-state index is 5.06. The van der Waals surface area contributed by atoms with E-state index in [4.69, 9.17) is 12.2 Å². The molecular formula is C14H14BrNS2. The molecule has 0 unspecified atom stereocenters. The summed E-state index contributed by atoms with van der Waals surface area (Å²) in [5.74, 6) is 0. The van der Waals surface area contributed by atoms with Crippen molar-refractivity contribution in [3.05, 3.63) is 40.2 Å². The SMILES string of the molecule is CC(=S)CCNc1csc(-c2ccc(Br)cc2)c1. The molecule has 0 saturated carbocycles. The Morgan fingerprint density at radius 3 is 2.72 bits per heavy atom. The van der Waals surface area contributed by atoms with Gasteiger partial charge < -0.3 is 5.32 Å². The molecule has 4 heteroatoms. The van der Waals surface area contributed by atoms with Crippen molar-refractivity contribution < 1.29 is 0 Å². The molecule has 0 spiro atoms. The summed E-state index contributed by atoms with van der Waals surface area (Å²) in [5.41, 5.74) is 2.43. The molecule has 0 fully saturated rings. The van der Waals surface area contributed by atoms with Crippen molar-refractivity contribution in [3.63, 3.8) is 0 Å². The number of nitrogens with one attached hydrogen (secondary N) is 1. The fraction of sp³-hybridized carbons (Fsp3) is 0.214. The quantitative estimate of drug-likeness (QED) is 0.735. The van der Waals surface area contributed by atoms with Gasteiger partial charge in [0.25, 0.3) is 0 Å². The Balaban J connectivity index is 2.01. The lowest BCUT2D eigenvalue weighted by Crippen LogP contribution is -2.03. The van der Waals surface area contributed by atoms with E-state index in [-0.39, 0.29) is 0 Å². The minimum atomic E-state index is 0.909. The molecule has 0 atom stereocenters. The standard InChI is InChI=1S/C14H14BrNS2/c1-10(17)6-7-16-13-8-14(18-9-13)11-2-4-12(15)5-3-11/h2-5,8-9,16H,6-7H2,1H3. The molecule has 0 aliphatic heterocycles. The lowest BCUT2D eigenvalue weighted by atomic mass is 10.2. The van der Waals surface area contributed by atoms with E-state index in [1.165, 1.54) is 16.1 Å². The predicted molar refractivity (Wildman–Crippen MR) is 88.8 cm³/mol. The van der Waals surface area contributed by atoms with Crippen LogP contribution in [-0.4, -0.2) is 11.4 Å². The summed E-state index contributed by atoms with van der Waals surface area (Å²) in [5, 5.41) is 5.54. The van der Waals surface area contributed by atoms with Gasteiger partial charge >= 0.3 is 0 Å². The third-order valence-electron chi connectivity index (χ3n) is 2.53. The Labute approximate surface area is 125 Å². The van der Waals surface area contributed by atoms with Crippen LogP contribution >= 0.6 is 39.5 Å². The van der Waals surface area contributed by atoms with Crippen molar-refractivity contribution in [2.24, 2.45) is 0 Å². The average Bonchev–Trinajstić information content (AvgIpc) is 2.78. The molecule has 1 aromatic heterocycles. The van der Waals surface area contributed by atoms with Gasteiger partial charge in [-0.1, -0.05) is 40.3 Å². The Morgan fingerprint density at radius 2 is 2.06 bits per heavy atom. The Bertz CT molecular complexity index is 531. The molecule has 1 aromatic carbocycles. The molecule has 0 aliphatic rings. The highest BCUT2D eigenvalue weighted by molar-refractivity contribution is 9.10. The zero-order chi connectivity index (χ0) is 13.0. The van der Waals surface area contributed by atoms with E-state index in [2.05, 4.69) is 57.0 Å². The number of halogens is 1. The molecule has 0 amide bonds. The largest absolute Gasteiger partial charge is 0.384 e. The number of hydrogen-bond acceptors (Lipinski definition) is 3. The highest BCUT2D eigenvalue weighted by Gasteiger charge is 2.02. The van der Waals surface area contributed by atoms with Crippen molar-refractivity contribution in [3.8, 4) is 10.4 Å². The van der Waals surface area contributed by atoms with E-state index >= 15 is 0 Å². The molecule has 18 heavy (non-hydrogen) atoms. The Hall–Kier alpha value is -0.710. The highest BCUT2D eigenvalue weighted by Crippen LogP contribution is 2.30. The number of thiocarbonyl (C=S) groups is 1. The molecule has 0 aliphatic carbocycles. The number of anilines is 1. The summed E-state index contributed by atoms with van der Waals surface area (Å²) in [7, 11) is 0. The Kier molecular flexibility index (Phi) is 4.92. The smallest absolute Gasteiger partial charge is 0.0455 e. The van der Waals surface area contributed by atoms with E-state index in [1.807, 2.05) is 6.92 Å². The molecule has 94 valence electrons.